The summed E-state index contributed by atoms with van der Waals surface area (Å²) in [5.41, 5.74) is 5.61. The Morgan fingerprint density at radius 3 is 2.13 bits per heavy atom. The van der Waals surface area contributed by atoms with Crippen molar-refractivity contribution in [2.24, 2.45) is 11.8 Å². The van der Waals surface area contributed by atoms with E-state index in [4.69, 9.17) is 10.1 Å². The molecule has 3 aliphatic carbocycles. The van der Waals surface area contributed by atoms with Gasteiger partial charge in [-0.1, -0.05) is 85.1 Å². The molecular weight excluding hydrogens is 504 g/mol. The first-order valence-corrected chi connectivity index (χ1v) is 15.9. The molecule has 1 heterocycles. The van der Waals surface area contributed by atoms with E-state index in [0.29, 0.717) is 16.3 Å². The third-order valence-corrected chi connectivity index (χ3v) is 10.2. The van der Waals surface area contributed by atoms with Gasteiger partial charge in [-0.3, -0.25) is 9.59 Å². The molecule has 1 aromatic heterocycles. The van der Waals surface area contributed by atoms with Crippen LogP contribution in [0.1, 0.15) is 131 Å². The predicted molar refractivity (Wildman–Crippen MR) is 161 cm³/mol. The van der Waals surface area contributed by atoms with E-state index in [1.807, 2.05) is 0 Å². The van der Waals surface area contributed by atoms with Crippen LogP contribution in [0.3, 0.4) is 0 Å². The monoisotopic (exact) mass is 552 g/mol. The summed E-state index contributed by atoms with van der Waals surface area (Å²) in [6.07, 6.45) is 15.4. The van der Waals surface area contributed by atoms with Crippen LogP contribution in [-0.2, 0) is 22.0 Å². The maximum absolute atomic E-state index is 12.4. The van der Waals surface area contributed by atoms with Crippen LogP contribution in [0.4, 0.5) is 0 Å². The number of hydrogen-bond acceptors (Lipinski definition) is 4. The zero-order valence-electron chi connectivity index (χ0n) is 24.7. The molecular formula is C33H48N2O3S. The van der Waals surface area contributed by atoms with E-state index >= 15 is 0 Å². The van der Waals surface area contributed by atoms with Crippen molar-refractivity contribution in [3.63, 3.8) is 0 Å². The highest BCUT2D eigenvalue weighted by Crippen LogP contribution is 2.50. The molecule has 2 aromatic rings. The Labute approximate surface area is 239 Å². The van der Waals surface area contributed by atoms with Gasteiger partial charge in [0.2, 0.25) is 0 Å². The zero-order valence-corrected chi connectivity index (χ0v) is 25.5. The summed E-state index contributed by atoms with van der Waals surface area (Å²) in [5, 5.41) is 11.9. The lowest BCUT2D eigenvalue weighted by molar-refractivity contribution is -0.142. The van der Waals surface area contributed by atoms with Crippen molar-refractivity contribution in [1.82, 2.24) is 10.3 Å². The third-order valence-electron chi connectivity index (χ3n) is 9.04. The summed E-state index contributed by atoms with van der Waals surface area (Å²) >= 11 is 1.57. The van der Waals surface area contributed by atoms with Crippen molar-refractivity contribution in [3.05, 3.63) is 40.0 Å². The van der Waals surface area contributed by atoms with Crippen LogP contribution in [-0.4, -0.2) is 29.0 Å². The Hall–Kier alpha value is -2.21. The standard InChI is InChI=1S/C26H36N2OS.C7H12O2/c1-25(2,3)19-14-18(15-20(16-19)26(4)11-12-26)22-21(13-17-9-7-6-8-10-17)28-24(30-22)23(29)27-5;8-7(9)6-4-2-1-3-5-6/h14-17H,6-13H2,1-5H3,(H,27,29);6H,1-5H2,(H,8,9). The number of carboxylic acids is 1. The number of carbonyl (C=O) groups is 2. The van der Waals surface area contributed by atoms with Crippen LogP contribution in [0.5, 0.6) is 0 Å². The van der Waals surface area contributed by atoms with E-state index in [1.54, 1.807) is 18.4 Å². The molecule has 39 heavy (non-hydrogen) atoms. The number of nitrogens with one attached hydrogen (secondary N) is 1. The fourth-order valence-corrected chi connectivity index (χ4v) is 6.98. The Balaban J connectivity index is 0.000000333. The number of benzene rings is 1. The molecule has 0 saturated heterocycles. The number of rotatable bonds is 6. The molecule has 6 heteroatoms. The fraction of sp³-hybridized carbons (Fsp3) is 0.667. The van der Waals surface area contributed by atoms with Crippen molar-refractivity contribution < 1.29 is 14.7 Å². The van der Waals surface area contributed by atoms with Gasteiger partial charge < -0.3 is 10.4 Å². The number of thiazole rings is 1. The predicted octanol–water partition coefficient (Wildman–Crippen LogP) is 8.29. The van der Waals surface area contributed by atoms with E-state index in [1.165, 1.54) is 72.9 Å². The van der Waals surface area contributed by atoms with E-state index in [-0.39, 0.29) is 17.2 Å². The van der Waals surface area contributed by atoms with Gasteiger partial charge in [0.25, 0.3) is 5.91 Å². The third kappa shape index (κ3) is 7.71. The van der Waals surface area contributed by atoms with Gasteiger partial charge in [0, 0.05) is 7.05 Å². The number of hydrogen-bond donors (Lipinski definition) is 2. The lowest BCUT2D eigenvalue weighted by Gasteiger charge is -2.24. The number of aliphatic carboxylic acids is 1. The molecule has 1 aromatic carbocycles. The van der Waals surface area contributed by atoms with Crippen molar-refractivity contribution in [3.8, 4) is 10.4 Å². The zero-order chi connectivity index (χ0) is 28.2. The molecule has 1 amide bonds. The molecule has 0 bridgehead atoms. The quantitative estimate of drug-likeness (QED) is 0.378. The number of aromatic nitrogens is 1. The molecule has 0 unspecified atom stereocenters. The highest BCUT2D eigenvalue weighted by Gasteiger charge is 2.40. The summed E-state index contributed by atoms with van der Waals surface area (Å²) < 4.78 is 0. The number of carboxylic acid groups (broad SMARTS) is 1. The first kappa shape index (κ1) is 29.8. The molecule has 0 radical (unpaired) electrons. The van der Waals surface area contributed by atoms with Gasteiger partial charge in [0.1, 0.15) is 0 Å². The number of carbonyl (C=O) groups excluding carboxylic acids is 1. The molecule has 0 aliphatic heterocycles. The lowest BCUT2D eigenvalue weighted by Crippen LogP contribution is -2.17. The molecule has 5 nitrogen and oxygen atoms in total. The molecule has 3 fully saturated rings. The van der Waals surface area contributed by atoms with Crippen molar-refractivity contribution in [2.45, 2.75) is 122 Å². The Morgan fingerprint density at radius 1 is 1.00 bits per heavy atom. The minimum atomic E-state index is -0.602. The first-order valence-electron chi connectivity index (χ1n) is 15.1. The average molecular weight is 553 g/mol. The highest BCUT2D eigenvalue weighted by atomic mass is 32.1. The van der Waals surface area contributed by atoms with Crippen LogP contribution in [0.15, 0.2) is 18.2 Å². The summed E-state index contributed by atoms with van der Waals surface area (Å²) in [5.74, 6) is -0.00527. The summed E-state index contributed by atoms with van der Waals surface area (Å²) in [6.45, 7) is 9.24. The largest absolute Gasteiger partial charge is 0.481 e. The smallest absolute Gasteiger partial charge is 0.306 e. The highest BCUT2D eigenvalue weighted by molar-refractivity contribution is 7.17. The van der Waals surface area contributed by atoms with Crippen LogP contribution >= 0.6 is 11.3 Å². The Kier molecular flexibility index (Phi) is 9.57. The second-order valence-electron chi connectivity index (χ2n) is 13.4. The number of amides is 1. The maximum Gasteiger partial charge on any atom is 0.306 e. The van der Waals surface area contributed by atoms with E-state index in [2.05, 4.69) is 51.2 Å². The minimum absolute atomic E-state index is 0.0289. The minimum Gasteiger partial charge on any atom is -0.481 e. The van der Waals surface area contributed by atoms with E-state index < -0.39 is 5.97 Å². The van der Waals surface area contributed by atoms with Gasteiger partial charge in [-0.2, -0.15) is 0 Å². The van der Waals surface area contributed by atoms with E-state index in [0.717, 1.165) is 37.8 Å². The molecule has 214 valence electrons. The van der Waals surface area contributed by atoms with E-state index in [9.17, 15) is 9.59 Å². The van der Waals surface area contributed by atoms with Crippen molar-refractivity contribution in [2.75, 3.05) is 7.05 Å². The van der Waals surface area contributed by atoms with Gasteiger partial charge in [0.15, 0.2) is 5.01 Å². The summed E-state index contributed by atoms with van der Waals surface area (Å²) in [4.78, 5) is 28.8. The van der Waals surface area contributed by atoms with Crippen LogP contribution in [0.25, 0.3) is 10.4 Å². The molecule has 0 atom stereocenters. The topological polar surface area (TPSA) is 79.3 Å². The van der Waals surface area contributed by atoms with Crippen LogP contribution < -0.4 is 5.32 Å². The Bertz CT molecular complexity index is 1120. The SMILES string of the molecule is CNC(=O)c1nc(CC2CCCCC2)c(-c2cc(C(C)(C)C)cc(C3(C)CC3)c2)s1.O=C(O)C1CCCCC1. The van der Waals surface area contributed by atoms with Gasteiger partial charge in [-0.05, 0) is 77.7 Å². The van der Waals surface area contributed by atoms with Crippen LogP contribution in [0.2, 0.25) is 0 Å². The van der Waals surface area contributed by atoms with Gasteiger partial charge >= 0.3 is 5.97 Å². The first-order chi connectivity index (χ1) is 18.5. The fourth-order valence-electron chi connectivity index (χ4n) is 5.95. The normalized spacial score (nSPS) is 19.6. The average Bonchev–Trinajstić information content (AvgIpc) is 3.55. The molecule has 0 spiro atoms. The van der Waals surface area contributed by atoms with Gasteiger partial charge in [0.05, 0.1) is 16.5 Å². The van der Waals surface area contributed by atoms with Crippen molar-refractivity contribution in [1.29, 1.82) is 0 Å². The molecule has 5 rings (SSSR count). The molecule has 2 N–H and O–H groups in total. The summed E-state index contributed by atoms with van der Waals surface area (Å²) in [7, 11) is 1.69. The molecule has 3 aliphatic rings. The summed E-state index contributed by atoms with van der Waals surface area (Å²) in [6, 6.07) is 7.15. The van der Waals surface area contributed by atoms with Crippen LogP contribution in [0, 0.1) is 11.8 Å². The van der Waals surface area contributed by atoms with Crippen molar-refractivity contribution >= 4 is 23.2 Å². The molecule has 3 saturated carbocycles. The Morgan fingerprint density at radius 2 is 1.62 bits per heavy atom. The second kappa shape index (κ2) is 12.5. The maximum atomic E-state index is 12.4. The van der Waals surface area contributed by atoms with Gasteiger partial charge in [-0.15, -0.1) is 11.3 Å². The van der Waals surface area contributed by atoms with Gasteiger partial charge in [-0.25, -0.2) is 4.98 Å². The lowest BCUT2D eigenvalue weighted by atomic mass is 9.82. The second-order valence-corrected chi connectivity index (χ2v) is 14.4. The number of nitrogens with zero attached hydrogens (tertiary/aromatic N) is 1.